The maximum Gasteiger partial charge on any atom is 0.258 e. The number of carbonyl (C=O) groups excluding carboxylic acids is 1. The average Bonchev–Trinajstić information content (AvgIpc) is 2.92. The molecule has 0 bridgehead atoms. The van der Waals surface area contributed by atoms with Gasteiger partial charge in [0.15, 0.2) is 27.9 Å². The number of benzene rings is 2. The largest absolute Gasteiger partial charge is 0.493 e. The number of para-hydroxylation sites is 1. The predicted molar refractivity (Wildman–Crippen MR) is 119 cm³/mol. The molecule has 1 aliphatic rings. The molecule has 0 aromatic heterocycles. The van der Waals surface area contributed by atoms with Crippen molar-refractivity contribution in [1.29, 1.82) is 0 Å². The Bertz CT molecular complexity index is 1050. The molecule has 8 nitrogen and oxygen atoms in total. The Morgan fingerprint density at radius 2 is 1.91 bits per heavy atom. The highest BCUT2D eigenvalue weighted by molar-refractivity contribution is 7.91. The second-order valence-electron chi connectivity index (χ2n) is 7.71. The van der Waals surface area contributed by atoms with Crippen molar-refractivity contribution in [1.82, 2.24) is 5.32 Å². The van der Waals surface area contributed by atoms with E-state index in [4.69, 9.17) is 14.2 Å². The third-order valence-corrected chi connectivity index (χ3v) is 7.09. The van der Waals surface area contributed by atoms with Gasteiger partial charge in [-0.2, -0.15) is 0 Å². The van der Waals surface area contributed by atoms with Gasteiger partial charge in [-0.1, -0.05) is 18.2 Å². The molecule has 3 rings (SSSR count). The molecule has 32 heavy (non-hydrogen) atoms. The lowest BCUT2D eigenvalue weighted by molar-refractivity contribution is -0.123. The maximum absolute atomic E-state index is 12.5. The van der Waals surface area contributed by atoms with E-state index in [-0.39, 0.29) is 36.2 Å². The number of carbonyl (C=O) groups is 1. The Morgan fingerprint density at radius 1 is 1.12 bits per heavy atom. The maximum atomic E-state index is 12.5. The van der Waals surface area contributed by atoms with Crippen LogP contribution in [0.15, 0.2) is 41.3 Å². The molecule has 0 saturated heterocycles. The number of fused-ring (bicyclic) bond motifs is 1. The molecule has 2 aromatic carbocycles. The van der Waals surface area contributed by atoms with Crippen LogP contribution in [0.1, 0.15) is 24.0 Å². The van der Waals surface area contributed by atoms with E-state index >= 15 is 0 Å². The predicted octanol–water partition coefficient (Wildman–Crippen LogP) is 2.05. The van der Waals surface area contributed by atoms with Crippen molar-refractivity contribution in [3.05, 3.63) is 47.5 Å². The quantitative estimate of drug-likeness (QED) is 0.585. The lowest BCUT2D eigenvalue weighted by Gasteiger charge is -2.16. The highest BCUT2D eigenvalue weighted by Gasteiger charge is 2.25. The highest BCUT2D eigenvalue weighted by atomic mass is 32.2. The molecular formula is C23H29NO7S. The van der Waals surface area contributed by atoms with Crippen LogP contribution in [-0.2, 0) is 21.1 Å². The summed E-state index contributed by atoms with van der Waals surface area (Å²) in [6.45, 7) is 1.66. The van der Waals surface area contributed by atoms with Crippen molar-refractivity contribution in [2.75, 3.05) is 32.6 Å². The summed E-state index contributed by atoms with van der Waals surface area (Å²) in [6.07, 6.45) is 1.11. The van der Waals surface area contributed by atoms with Crippen LogP contribution in [0, 0.1) is 6.92 Å². The number of nitrogens with one attached hydrogen (secondary N) is 1. The Hall–Kier alpha value is -2.78. The summed E-state index contributed by atoms with van der Waals surface area (Å²) in [5.74, 6) is 0.931. The number of aliphatic hydroxyl groups excluding tert-OH is 1. The molecule has 1 aliphatic heterocycles. The highest BCUT2D eigenvalue weighted by Crippen LogP contribution is 2.35. The number of amides is 1. The topological polar surface area (TPSA) is 111 Å². The van der Waals surface area contributed by atoms with E-state index in [1.54, 1.807) is 6.07 Å². The summed E-state index contributed by atoms with van der Waals surface area (Å²) >= 11 is 0. The van der Waals surface area contributed by atoms with Crippen molar-refractivity contribution in [3.63, 3.8) is 0 Å². The standard InChI is InChI=1S/C23H29NO7S/c1-16-7-3-4-9-19(16)30-14-18(25)13-24-23(26)15-31-21-11-17-8-5-6-10-32(27,28)22(17)12-20(21)29-2/h3-4,7,9,11-12,18,25H,5-6,8,10,13-15H2,1-2H3,(H,24,26). The number of sulfone groups is 1. The zero-order valence-corrected chi connectivity index (χ0v) is 19.1. The fraction of sp³-hybridized carbons (Fsp3) is 0.435. The molecule has 1 atom stereocenters. The third kappa shape index (κ3) is 6.14. The van der Waals surface area contributed by atoms with Gasteiger partial charge < -0.3 is 24.6 Å². The lowest BCUT2D eigenvalue weighted by Crippen LogP contribution is -2.37. The number of ether oxygens (including phenoxy) is 3. The molecule has 0 fully saturated rings. The molecule has 1 amide bonds. The van der Waals surface area contributed by atoms with Crippen LogP contribution in [0.5, 0.6) is 17.2 Å². The van der Waals surface area contributed by atoms with E-state index in [0.29, 0.717) is 29.9 Å². The van der Waals surface area contributed by atoms with Gasteiger partial charge in [0.25, 0.3) is 5.91 Å². The number of aliphatic hydroxyl groups is 1. The first-order valence-electron chi connectivity index (χ1n) is 10.5. The Labute approximate surface area is 188 Å². The second kappa shape index (κ2) is 10.7. The summed E-state index contributed by atoms with van der Waals surface area (Å²) < 4.78 is 41.4. The van der Waals surface area contributed by atoms with Crippen LogP contribution < -0.4 is 19.5 Å². The van der Waals surface area contributed by atoms with E-state index in [1.165, 1.54) is 13.2 Å². The molecule has 174 valence electrons. The van der Waals surface area contributed by atoms with Gasteiger partial charge >= 0.3 is 0 Å². The second-order valence-corrected chi connectivity index (χ2v) is 9.79. The van der Waals surface area contributed by atoms with Crippen LogP contribution in [0.4, 0.5) is 0 Å². The van der Waals surface area contributed by atoms with Gasteiger partial charge in [0.1, 0.15) is 18.5 Å². The summed E-state index contributed by atoms with van der Waals surface area (Å²) in [6, 6.07) is 10.6. The van der Waals surface area contributed by atoms with Crippen LogP contribution in [-0.4, -0.2) is 58.2 Å². The molecule has 2 aromatic rings. The van der Waals surface area contributed by atoms with Crippen molar-refractivity contribution in [3.8, 4) is 17.2 Å². The summed E-state index contributed by atoms with van der Waals surface area (Å²) in [4.78, 5) is 12.4. The summed E-state index contributed by atoms with van der Waals surface area (Å²) in [5, 5.41) is 12.7. The molecular weight excluding hydrogens is 434 g/mol. The van der Waals surface area contributed by atoms with Gasteiger partial charge in [0.2, 0.25) is 0 Å². The molecule has 0 aliphatic carbocycles. The van der Waals surface area contributed by atoms with Crippen molar-refractivity contribution in [2.24, 2.45) is 0 Å². The Balaban J connectivity index is 1.53. The Morgan fingerprint density at radius 3 is 2.66 bits per heavy atom. The normalized spacial score (nSPS) is 15.7. The molecule has 1 unspecified atom stereocenters. The molecule has 2 N–H and O–H groups in total. The fourth-order valence-electron chi connectivity index (χ4n) is 3.45. The number of rotatable bonds is 9. The van der Waals surface area contributed by atoms with Crippen LogP contribution in [0.25, 0.3) is 0 Å². The molecule has 9 heteroatoms. The SMILES string of the molecule is COc1cc2c(cc1OCC(=O)NCC(O)COc1ccccc1C)CCCCS2(=O)=O. The van der Waals surface area contributed by atoms with Crippen molar-refractivity contribution in [2.45, 2.75) is 37.2 Å². The first kappa shape index (κ1) is 23.9. The minimum Gasteiger partial charge on any atom is -0.493 e. The van der Waals surface area contributed by atoms with Crippen LogP contribution >= 0.6 is 0 Å². The molecule has 0 radical (unpaired) electrons. The van der Waals surface area contributed by atoms with E-state index in [2.05, 4.69) is 5.32 Å². The number of methoxy groups -OCH3 is 1. The van der Waals surface area contributed by atoms with E-state index in [1.807, 2.05) is 31.2 Å². The van der Waals surface area contributed by atoms with Gasteiger partial charge in [-0.3, -0.25) is 4.79 Å². The minimum atomic E-state index is -3.36. The van der Waals surface area contributed by atoms with E-state index in [9.17, 15) is 18.3 Å². The van der Waals surface area contributed by atoms with Gasteiger partial charge in [-0.15, -0.1) is 0 Å². The number of hydrogen-bond donors (Lipinski definition) is 2. The lowest BCUT2D eigenvalue weighted by atomic mass is 10.1. The van der Waals surface area contributed by atoms with Crippen LogP contribution in [0.2, 0.25) is 0 Å². The number of aryl methyl sites for hydroxylation is 2. The summed E-state index contributed by atoms with van der Waals surface area (Å²) in [5.41, 5.74) is 1.63. The smallest absolute Gasteiger partial charge is 0.258 e. The van der Waals surface area contributed by atoms with Crippen LogP contribution in [0.3, 0.4) is 0 Å². The zero-order chi connectivity index (χ0) is 23.1. The van der Waals surface area contributed by atoms with E-state index in [0.717, 1.165) is 12.0 Å². The van der Waals surface area contributed by atoms with Gasteiger partial charge in [0, 0.05) is 12.6 Å². The van der Waals surface area contributed by atoms with E-state index < -0.39 is 21.8 Å². The molecule has 0 spiro atoms. The number of hydrogen-bond acceptors (Lipinski definition) is 7. The monoisotopic (exact) mass is 463 g/mol. The first-order valence-corrected chi connectivity index (χ1v) is 12.1. The van der Waals surface area contributed by atoms with Gasteiger partial charge in [-0.05, 0) is 49.4 Å². The zero-order valence-electron chi connectivity index (χ0n) is 18.3. The first-order chi connectivity index (χ1) is 15.3. The fourth-order valence-corrected chi connectivity index (χ4v) is 5.10. The van der Waals surface area contributed by atoms with Crippen molar-refractivity contribution < 1.29 is 32.5 Å². The van der Waals surface area contributed by atoms with Gasteiger partial charge in [0.05, 0.1) is 17.8 Å². The summed E-state index contributed by atoms with van der Waals surface area (Å²) in [7, 11) is -1.94. The minimum absolute atomic E-state index is 0.00758. The van der Waals surface area contributed by atoms with Crippen molar-refractivity contribution >= 4 is 15.7 Å². The average molecular weight is 464 g/mol. The third-order valence-electron chi connectivity index (χ3n) is 5.21. The Kier molecular flexibility index (Phi) is 7.98. The molecule has 1 heterocycles. The molecule has 0 saturated carbocycles. The van der Waals surface area contributed by atoms with Gasteiger partial charge in [-0.25, -0.2) is 8.42 Å².